The van der Waals surface area contributed by atoms with Gasteiger partial charge in [-0.2, -0.15) is 0 Å². The van der Waals surface area contributed by atoms with E-state index in [9.17, 15) is 9.18 Å². The summed E-state index contributed by atoms with van der Waals surface area (Å²) in [4.78, 5) is 15.8. The number of carbonyl (C=O) groups excluding carboxylic acids is 1. The summed E-state index contributed by atoms with van der Waals surface area (Å²) in [6.45, 7) is 1.83. The van der Waals surface area contributed by atoms with Crippen molar-refractivity contribution in [3.05, 3.63) is 53.6 Å². The molecule has 3 N–H and O–H groups in total. The van der Waals surface area contributed by atoms with Crippen LogP contribution in [0.15, 0.2) is 36.5 Å². The number of nitrogen functional groups attached to an aromatic ring is 1. The normalized spacial score (nSPS) is 10.1. The molecule has 5 heteroatoms. The molecule has 1 heterocycles. The number of aryl methyl sites for hydroxylation is 1. The number of anilines is 2. The first kappa shape index (κ1) is 12.0. The van der Waals surface area contributed by atoms with Gasteiger partial charge < -0.3 is 11.1 Å². The lowest BCUT2D eigenvalue weighted by Gasteiger charge is -2.06. The first-order valence-electron chi connectivity index (χ1n) is 5.35. The van der Waals surface area contributed by atoms with E-state index in [1.54, 1.807) is 12.1 Å². The van der Waals surface area contributed by atoms with Crippen LogP contribution >= 0.6 is 0 Å². The lowest BCUT2D eigenvalue weighted by Crippen LogP contribution is -2.12. The fourth-order valence-corrected chi connectivity index (χ4v) is 1.41. The number of amides is 1. The smallest absolute Gasteiger partial charge is 0.257 e. The van der Waals surface area contributed by atoms with Gasteiger partial charge in [-0.15, -0.1) is 0 Å². The second kappa shape index (κ2) is 4.83. The minimum atomic E-state index is -0.560. The van der Waals surface area contributed by atoms with Gasteiger partial charge in [0.2, 0.25) is 0 Å². The molecular formula is C13H12FN3O. The zero-order valence-electron chi connectivity index (χ0n) is 9.77. The Bertz CT molecular complexity index is 581. The molecule has 0 aliphatic rings. The molecular weight excluding hydrogens is 233 g/mol. The van der Waals surface area contributed by atoms with Gasteiger partial charge in [0.25, 0.3) is 5.91 Å². The van der Waals surface area contributed by atoms with Crippen LogP contribution in [0.4, 0.5) is 15.8 Å². The molecule has 18 heavy (non-hydrogen) atoms. The van der Waals surface area contributed by atoms with E-state index in [1.165, 1.54) is 24.4 Å². The molecule has 0 aliphatic heterocycles. The van der Waals surface area contributed by atoms with E-state index in [2.05, 4.69) is 10.3 Å². The Morgan fingerprint density at radius 1 is 1.33 bits per heavy atom. The van der Waals surface area contributed by atoms with Crippen molar-refractivity contribution in [2.24, 2.45) is 0 Å². The molecule has 0 bridgehead atoms. The predicted molar refractivity (Wildman–Crippen MR) is 67.7 cm³/mol. The number of carbonyl (C=O) groups is 1. The highest BCUT2D eigenvalue weighted by Gasteiger charge is 2.07. The Morgan fingerprint density at radius 2 is 2.11 bits per heavy atom. The zero-order valence-corrected chi connectivity index (χ0v) is 9.77. The van der Waals surface area contributed by atoms with E-state index in [-0.39, 0.29) is 11.6 Å². The molecule has 0 spiro atoms. The van der Waals surface area contributed by atoms with Crippen LogP contribution in [0.3, 0.4) is 0 Å². The topological polar surface area (TPSA) is 68.0 Å². The molecule has 0 radical (unpaired) electrons. The van der Waals surface area contributed by atoms with Crippen LogP contribution in [0.2, 0.25) is 0 Å². The number of nitrogens with one attached hydrogen (secondary N) is 1. The fraction of sp³-hybridized carbons (Fsp3) is 0.0769. The van der Waals surface area contributed by atoms with Crippen LogP contribution in [0.25, 0.3) is 0 Å². The number of nitrogens with two attached hydrogens (primary N) is 1. The molecule has 2 aromatic rings. The molecule has 1 amide bonds. The molecule has 0 unspecified atom stereocenters. The molecule has 0 aliphatic carbocycles. The Kier molecular flexibility index (Phi) is 3.23. The Balaban J connectivity index is 2.16. The largest absolute Gasteiger partial charge is 0.396 e. The summed E-state index contributed by atoms with van der Waals surface area (Å²) in [6, 6.07) is 7.51. The van der Waals surface area contributed by atoms with Crippen molar-refractivity contribution in [3.63, 3.8) is 0 Å². The number of nitrogens with zero attached hydrogens (tertiary/aromatic N) is 1. The van der Waals surface area contributed by atoms with Crippen molar-refractivity contribution in [2.45, 2.75) is 6.92 Å². The quantitative estimate of drug-likeness (QED) is 0.798. The molecule has 2 rings (SSSR count). The van der Waals surface area contributed by atoms with Gasteiger partial charge in [0, 0.05) is 17.6 Å². The summed E-state index contributed by atoms with van der Waals surface area (Å²) >= 11 is 0. The molecule has 0 atom stereocenters. The van der Waals surface area contributed by atoms with Gasteiger partial charge in [-0.3, -0.25) is 9.78 Å². The number of benzene rings is 1. The first-order valence-corrected chi connectivity index (χ1v) is 5.35. The maximum atomic E-state index is 13.2. The van der Waals surface area contributed by atoms with Gasteiger partial charge in [-0.05, 0) is 37.3 Å². The monoisotopic (exact) mass is 245 g/mol. The zero-order chi connectivity index (χ0) is 13.1. The van der Waals surface area contributed by atoms with E-state index >= 15 is 0 Å². The van der Waals surface area contributed by atoms with Crippen LogP contribution in [-0.2, 0) is 0 Å². The van der Waals surface area contributed by atoms with E-state index < -0.39 is 5.82 Å². The average molecular weight is 245 g/mol. The van der Waals surface area contributed by atoms with Gasteiger partial charge in [0.05, 0.1) is 11.3 Å². The van der Waals surface area contributed by atoms with Crippen molar-refractivity contribution in [1.82, 2.24) is 4.98 Å². The second-order valence-corrected chi connectivity index (χ2v) is 3.88. The van der Waals surface area contributed by atoms with Gasteiger partial charge in [-0.1, -0.05) is 0 Å². The average Bonchev–Trinajstić information content (AvgIpc) is 2.34. The summed E-state index contributed by atoms with van der Waals surface area (Å²) in [5.74, 6) is -0.901. The molecule has 0 saturated heterocycles. The number of aromatic nitrogens is 1. The highest BCUT2D eigenvalue weighted by atomic mass is 19.1. The van der Waals surface area contributed by atoms with Gasteiger partial charge in [0.15, 0.2) is 0 Å². The molecule has 1 aromatic carbocycles. The lowest BCUT2D eigenvalue weighted by molar-refractivity contribution is 0.102. The summed E-state index contributed by atoms with van der Waals surface area (Å²) < 4.78 is 13.2. The first-order chi connectivity index (χ1) is 8.56. The molecule has 0 fully saturated rings. The Labute approximate surface area is 104 Å². The lowest BCUT2D eigenvalue weighted by atomic mass is 10.2. The SMILES string of the molecule is Cc1ccc(C(=O)Nc2ccc(N)c(F)c2)cn1. The maximum Gasteiger partial charge on any atom is 0.257 e. The summed E-state index contributed by atoms with van der Waals surface area (Å²) in [5.41, 5.74) is 6.99. The van der Waals surface area contributed by atoms with Crippen molar-refractivity contribution in [3.8, 4) is 0 Å². The van der Waals surface area contributed by atoms with Crippen molar-refractivity contribution >= 4 is 17.3 Å². The van der Waals surface area contributed by atoms with Crippen LogP contribution in [0, 0.1) is 12.7 Å². The van der Waals surface area contributed by atoms with Crippen molar-refractivity contribution in [2.75, 3.05) is 11.1 Å². The number of hydrogen-bond acceptors (Lipinski definition) is 3. The van der Waals surface area contributed by atoms with Crippen LogP contribution in [0.1, 0.15) is 16.1 Å². The fourth-order valence-electron chi connectivity index (χ4n) is 1.41. The Hall–Kier alpha value is -2.43. The minimum absolute atomic E-state index is 0.0463. The maximum absolute atomic E-state index is 13.2. The summed E-state index contributed by atoms with van der Waals surface area (Å²) in [7, 11) is 0. The van der Waals surface area contributed by atoms with Gasteiger partial charge in [0.1, 0.15) is 5.82 Å². The summed E-state index contributed by atoms with van der Waals surface area (Å²) in [5, 5.41) is 2.57. The third kappa shape index (κ3) is 2.63. The van der Waals surface area contributed by atoms with E-state index in [1.807, 2.05) is 6.92 Å². The second-order valence-electron chi connectivity index (χ2n) is 3.88. The minimum Gasteiger partial charge on any atom is -0.396 e. The number of rotatable bonds is 2. The van der Waals surface area contributed by atoms with Crippen molar-refractivity contribution < 1.29 is 9.18 Å². The third-order valence-corrected chi connectivity index (χ3v) is 2.43. The highest BCUT2D eigenvalue weighted by molar-refractivity contribution is 6.04. The number of halogens is 1. The number of hydrogen-bond donors (Lipinski definition) is 2. The number of pyridine rings is 1. The summed E-state index contributed by atoms with van der Waals surface area (Å²) in [6.07, 6.45) is 1.47. The predicted octanol–water partition coefficient (Wildman–Crippen LogP) is 2.36. The van der Waals surface area contributed by atoms with Crippen LogP contribution in [-0.4, -0.2) is 10.9 Å². The van der Waals surface area contributed by atoms with E-state index in [0.29, 0.717) is 11.3 Å². The molecule has 1 aromatic heterocycles. The standard InChI is InChI=1S/C13H12FN3O/c1-8-2-3-9(7-16-8)13(18)17-10-4-5-12(15)11(14)6-10/h2-7H,15H2,1H3,(H,17,18). The van der Waals surface area contributed by atoms with E-state index in [4.69, 9.17) is 5.73 Å². The van der Waals surface area contributed by atoms with Gasteiger partial charge in [-0.25, -0.2) is 4.39 Å². The highest BCUT2D eigenvalue weighted by Crippen LogP contribution is 2.16. The molecule has 4 nitrogen and oxygen atoms in total. The molecule has 0 saturated carbocycles. The van der Waals surface area contributed by atoms with Crippen LogP contribution in [0.5, 0.6) is 0 Å². The van der Waals surface area contributed by atoms with Crippen molar-refractivity contribution in [1.29, 1.82) is 0 Å². The third-order valence-electron chi connectivity index (χ3n) is 2.43. The van der Waals surface area contributed by atoms with Gasteiger partial charge >= 0.3 is 0 Å². The molecule has 92 valence electrons. The Morgan fingerprint density at radius 3 is 2.72 bits per heavy atom. The van der Waals surface area contributed by atoms with E-state index in [0.717, 1.165) is 5.69 Å². The van der Waals surface area contributed by atoms with Crippen LogP contribution < -0.4 is 11.1 Å².